The van der Waals surface area contributed by atoms with Crippen LogP contribution < -0.4 is 0 Å². The molecule has 0 spiro atoms. The van der Waals surface area contributed by atoms with Crippen molar-refractivity contribution in [1.82, 2.24) is 0 Å². The molecule has 0 heterocycles. The predicted molar refractivity (Wildman–Crippen MR) is 56.9 cm³/mol. The maximum Gasteiger partial charge on any atom is 0.0961 e. The molecule has 14 heavy (non-hydrogen) atoms. The molecule has 0 rings (SSSR count). The lowest BCUT2D eigenvalue weighted by molar-refractivity contribution is -0.507. The minimum absolute atomic E-state index is 0.0617. The van der Waals surface area contributed by atoms with Gasteiger partial charge in [0, 0.05) is 0 Å². The van der Waals surface area contributed by atoms with Crippen molar-refractivity contribution in [2.24, 2.45) is 0 Å². The largest absolute Gasteiger partial charge is 0.221 e. The van der Waals surface area contributed by atoms with Gasteiger partial charge < -0.3 is 0 Å². The van der Waals surface area contributed by atoms with E-state index < -0.39 is 0 Å². The molecule has 0 aromatic carbocycles. The first-order valence-electron chi connectivity index (χ1n) is 5.82. The Morgan fingerprint density at radius 2 is 1.64 bits per heavy atom. The third-order valence-electron chi connectivity index (χ3n) is 2.42. The number of unbranched alkanes of at least 4 members (excludes halogenated alkanes) is 4. The van der Waals surface area contributed by atoms with Crippen molar-refractivity contribution in [3.05, 3.63) is 0 Å². The fraction of sp³-hybridized carbons (Fsp3) is 1.00. The zero-order valence-electron chi connectivity index (χ0n) is 9.50. The van der Waals surface area contributed by atoms with Gasteiger partial charge in [0.2, 0.25) is 0 Å². The van der Waals surface area contributed by atoms with Gasteiger partial charge in [-0.2, -0.15) is 0 Å². The van der Waals surface area contributed by atoms with Gasteiger partial charge in [0.25, 0.3) is 0 Å². The van der Waals surface area contributed by atoms with E-state index in [1.807, 2.05) is 0 Å². The molecule has 0 fully saturated rings. The van der Waals surface area contributed by atoms with Crippen LogP contribution in [0.5, 0.6) is 0 Å². The summed E-state index contributed by atoms with van der Waals surface area (Å²) in [6.07, 6.45) is 9.36. The molecule has 0 radical (unpaired) electrons. The Kier molecular flexibility index (Phi) is 10.9. The molecule has 3 heteroatoms. The van der Waals surface area contributed by atoms with E-state index in [9.17, 15) is 0 Å². The van der Waals surface area contributed by atoms with E-state index in [2.05, 4.69) is 18.9 Å². The van der Waals surface area contributed by atoms with Gasteiger partial charge in [0.15, 0.2) is 0 Å². The van der Waals surface area contributed by atoms with E-state index in [4.69, 9.17) is 10.1 Å². The quantitative estimate of drug-likeness (QED) is 0.333. The highest BCUT2D eigenvalue weighted by atomic mass is 17.5. The van der Waals surface area contributed by atoms with Crippen LogP contribution in [-0.4, -0.2) is 11.4 Å². The van der Waals surface area contributed by atoms with Crippen LogP contribution in [0.2, 0.25) is 0 Å². The zero-order valence-corrected chi connectivity index (χ0v) is 9.50. The highest BCUT2D eigenvalue weighted by Crippen LogP contribution is 2.13. The molecule has 0 aliphatic heterocycles. The fourth-order valence-corrected chi connectivity index (χ4v) is 1.60. The first-order valence-corrected chi connectivity index (χ1v) is 5.82. The van der Waals surface area contributed by atoms with Crippen LogP contribution in [-0.2, 0) is 9.93 Å². The first kappa shape index (κ1) is 13.9. The Bertz CT molecular complexity index is 101. The fourth-order valence-electron chi connectivity index (χ4n) is 1.60. The van der Waals surface area contributed by atoms with Crippen molar-refractivity contribution >= 4 is 0 Å². The zero-order chi connectivity index (χ0) is 10.6. The molecule has 1 N–H and O–H groups in total. The summed E-state index contributed by atoms with van der Waals surface area (Å²) in [5.74, 6) is 0. The van der Waals surface area contributed by atoms with Crippen LogP contribution in [0.15, 0.2) is 0 Å². The maximum absolute atomic E-state index is 8.18. The van der Waals surface area contributed by atoms with Crippen molar-refractivity contribution in [1.29, 1.82) is 0 Å². The normalized spacial score (nSPS) is 13.1. The lowest BCUT2D eigenvalue weighted by Gasteiger charge is -2.12. The summed E-state index contributed by atoms with van der Waals surface area (Å²) in [6, 6.07) is 0. The van der Waals surface area contributed by atoms with E-state index in [1.165, 1.54) is 25.7 Å². The number of hydrogen-bond donors (Lipinski definition) is 1. The van der Waals surface area contributed by atoms with E-state index >= 15 is 0 Å². The summed E-state index contributed by atoms with van der Waals surface area (Å²) in [4.78, 5) is 4.74. The van der Waals surface area contributed by atoms with Crippen LogP contribution in [0.4, 0.5) is 0 Å². The summed E-state index contributed by atoms with van der Waals surface area (Å²) >= 11 is 0. The van der Waals surface area contributed by atoms with Crippen LogP contribution in [0.3, 0.4) is 0 Å². The van der Waals surface area contributed by atoms with Crippen LogP contribution in [0, 0.1) is 0 Å². The van der Waals surface area contributed by atoms with E-state index in [0.717, 1.165) is 25.7 Å². The molecule has 0 saturated heterocycles. The van der Waals surface area contributed by atoms with Crippen molar-refractivity contribution in [3.8, 4) is 0 Å². The van der Waals surface area contributed by atoms with Gasteiger partial charge in [-0.1, -0.05) is 57.4 Å². The number of rotatable bonds is 10. The van der Waals surface area contributed by atoms with Gasteiger partial charge in [-0.25, -0.2) is 10.1 Å². The molecule has 0 aliphatic carbocycles. The van der Waals surface area contributed by atoms with Crippen molar-refractivity contribution < 1.29 is 15.2 Å². The van der Waals surface area contributed by atoms with Gasteiger partial charge in [-0.05, 0) is 12.8 Å². The molecule has 3 nitrogen and oxygen atoms in total. The second-order valence-corrected chi connectivity index (χ2v) is 3.78. The van der Waals surface area contributed by atoms with Gasteiger partial charge in [-0.3, -0.25) is 0 Å². The standard InChI is InChI=1S/C11H24O3/c1-3-5-6-7-8-10-11(9-4-2)13-14-12/h11-12H,3-10H2,1-2H3. The topological polar surface area (TPSA) is 38.7 Å². The summed E-state index contributed by atoms with van der Waals surface area (Å²) in [5.41, 5.74) is 0. The highest BCUT2D eigenvalue weighted by molar-refractivity contribution is 4.56. The Hall–Kier alpha value is -0.120. The molecule has 0 saturated carbocycles. The summed E-state index contributed by atoms with van der Waals surface area (Å²) in [7, 11) is 0. The van der Waals surface area contributed by atoms with Gasteiger partial charge >= 0.3 is 0 Å². The van der Waals surface area contributed by atoms with Gasteiger partial charge in [0.05, 0.1) is 6.10 Å². The predicted octanol–water partition coefficient (Wildman–Crippen LogP) is 3.94. The molecule has 1 unspecified atom stereocenters. The Morgan fingerprint density at radius 3 is 2.21 bits per heavy atom. The molecule has 0 aliphatic rings. The lowest BCUT2D eigenvalue weighted by Crippen LogP contribution is -2.12. The van der Waals surface area contributed by atoms with Gasteiger partial charge in [0.1, 0.15) is 0 Å². The smallest absolute Gasteiger partial charge is 0.0961 e. The minimum Gasteiger partial charge on any atom is -0.221 e. The summed E-state index contributed by atoms with van der Waals surface area (Å²) in [5, 5.41) is 11.9. The second kappa shape index (κ2) is 11.0. The van der Waals surface area contributed by atoms with Gasteiger partial charge in [-0.15, -0.1) is 0 Å². The van der Waals surface area contributed by atoms with Crippen molar-refractivity contribution in [3.63, 3.8) is 0 Å². The van der Waals surface area contributed by atoms with Crippen LogP contribution in [0.25, 0.3) is 0 Å². The third-order valence-corrected chi connectivity index (χ3v) is 2.42. The van der Waals surface area contributed by atoms with E-state index in [0.29, 0.717) is 0 Å². The van der Waals surface area contributed by atoms with Crippen molar-refractivity contribution in [2.45, 2.75) is 71.3 Å². The Labute approximate surface area is 87.3 Å². The molecular weight excluding hydrogens is 180 g/mol. The number of hydrogen-bond acceptors (Lipinski definition) is 3. The first-order chi connectivity index (χ1) is 6.85. The summed E-state index contributed by atoms with van der Waals surface area (Å²) < 4.78 is 0. The monoisotopic (exact) mass is 204 g/mol. The average molecular weight is 204 g/mol. The molecule has 0 aromatic heterocycles. The molecule has 0 bridgehead atoms. The third kappa shape index (κ3) is 8.48. The molecule has 86 valence electrons. The maximum atomic E-state index is 8.18. The molecule has 0 amide bonds. The molecule has 1 atom stereocenters. The van der Waals surface area contributed by atoms with E-state index in [1.54, 1.807) is 0 Å². The lowest BCUT2D eigenvalue weighted by atomic mass is 10.1. The van der Waals surface area contributed by atoms with E-state index in [-0.39, 0.29) is 6.10 Å². The van der Waals surface area contributed by atoms with Crippen molar-refractivity contribution in [2.75, 3.05) is 0 Å². The average Bonchev–Trinajstić information content (AvgIpc) is 2.18. The van der Waals surface area contributed by atoms with Crippen LogP contribution >= 0.6 is 0 Å². The molecule has 0 aromatic rings. The highest BCUT2D eigenvalue weighted by Gasteiger charge is 2.08. The van der Waals surface area contributed by atoms with Crippen LogP contribution in [0.1, 0.15) is 65.2 Å². The second-order valence-electron chi connectivity index (χ2n) is 3.78. The Morgan fingerprint density at radius 1 is 0.929 bits per heavy atom. The Balaban J connectivity index is 3.30. The summed E-state index contributed by atoms with van der Waals surface area (Å²) in [6.45, 7) is 4.31. The molecular formula is C11H24O3. The minimum atomic E-state index is 0.0617. The SMILES string of the molecule is CCCCCCCC(CCC)OOO.